The minimum absolute atomic E-state index is 0.0162. The summed E-state index contributed by atoms with van der Waals surface area (Å²) >= 11 is 1.83. The average molecular weight is 319 g/mol. The smallest absolute Gasteiger partial charge is 0.237 e. The maximum Gasteiger partial charge on any atom is 0.237 e. The summed E-state index contributed by atoms with van der Waals surface area (Å²) in [5.41, 5.74) is 1.41. The Bertz CT molecular complexity index is 588. The Morgan fingerprint density at radius 3 is 2.59 bits per heavy atom. The highest BCUT2D eigenvalue weighted by Crippen LogP contribution is 2.37. The molecular weight excluding hydrogens is 296 g/mol. The van der Waals surface area contributed by atoms with E-state index in [1.165, 1.54) is 15.3 Å². The lowest BCUT2D eigenvalue weighted by Crippen LogP contribution is -3.14. The minimum Gasteiger partial charge on any atom is -0.311 e. The number of rotatable bonds is 2. The standard InChI is InChI=1S/C17H22N2O2S/c1-11-12-7-9-22-15(12)6-8-18(11)10-19-16(20)13-4-2-3-5-14(13)17(19)21/h7,9,11,13-14H,2-6,8,10H2,1H3/p+1/t11-,13-,14+/m0/s1. The number of hydrogen-bond donors (Lipinski definition) is 1. The van der Waals surface area contributed by atoms with Gasteiger partial charge in [0.05, 0.1) is 18.4 Å². The SMILES string of the molecule is C[C@H]1c2ccsc2CC[NH+]1CN1C(=O)[C@H]2CCCC[C@H]2C1=O. The summed E-state index contributed by atoms with van der Waals surface area (Å²) in [6.07, 6.45) is 5.07. The molecule has 1 unspecified atom stereocenters. The van der Waals surface area contributed by atoms with Crippen LogP contribution < -0.4 is 4.90 Å². The van der Waals surface area contributed by atoms with Crippen molar-refractivity contribution in [1.29, 1.82) is 0 Å². The highest BCUT2D eigenvalue weighted by atomic mass is 32.1. The van der Waals surface area contributed by atoms with Crippen LogP contribution in [0.3, 0.4) is 0 Å². The van der Waals surface area contributed by atoms with Gasteiger partial charge in [-0.1, -0.05) is 12.8 Å². The van der Waals surface area contributed by atoms with Crippen molar-refractivity contribution in [2.75, 3.05) is 13.2 Å². The molecule has 0 aromatic carbocycles. The van der Waals surface area contributed by atoms with Gasteiger partial charge in [-0.05, 0) is 31.2 Å². The van der Waals surface area contributed by atoms with Gasteiger partial charge < -0.3 is 4.90 Å². The number of amides is 2. The van der Waals surface area contributed by atoms with Crippen LogP contribution in [0.2, 0.25) is 0 Å². The second-order valence-corrected chi connectivity index (χ2v) is 7.94. The molecule has 1 saturated carbocycles. The van der Waals surface area contributed by atoms with E-state index in [2.05, 4.69) is 18.4 Å². The van der Waals surface area contributed by atoms with Crippen molar-refractivity contribution >= 4 is 23.2 Å². The summed E-state index contributed by atoms with van der Waals surface area (Å²) < 4.78 is 0. The minimum atomic E-state index is -0.0162. The molecular formula is C17H23N2O2S+. The van der Waals surface area contributed by atoms with Crippen molar-refractivity contribution in [3.05, 3.63) is 21.9 Å². The fourth-order valence-corrected chi connectivity index (χ4v) is 5.44. The predicted molar refractivity (Wildman–Crippen MR) is 84.4 cm³/mol. The molecule has 1 saturated heterocycles. The highest BCUT2D eigenvalue weighted by Gasteiger charge is 2.49. The number of nitrogens with one attached hydrogen (secondary N) is 1. The van der Waals surface area contributed by atoms with Gasteiger partial charge in [0.1, 0.15) is 6.04 Å². The molecule has 1 aromatic heterocycles. The number of nitrogens with zero attached hydrogens (tertiary/aromatic N) is 1. The average Bonchev–Trinajstić information content (AvgIpc) is 3.10. The van der Waals surface area contributed by atoms with Crippen LogP contribution in [0.15, 0.2) is 11.4 Å². The molecule has 0 radical (unpaired) electrons. The van der Waals surface area contributed by atoms with Gasteiger partial charge in [-0.2, -0.15) is 0 Å². The van der Waals surface area contributed by atoms with Crippen molar-refractivity contribution in [3.63, 3.8) is 0 Å². The lowest BCUT2D eigenvalue weighted by molar-refractivity contribution is -0.938. The largest absolute Gasteiger partial charge is 0.311 e. The van der Waals surface area contributed by atoms with Crippen LogP contribution in [-0.4, -0.2) is 29.9 Å². The molecule has 1 aromatic rings. The second-order valence-electron chi connectivity index (χ2n) is 6.94. The number of imide groups is 1. The summed E-state index contributed by atoms with van der Waals surface area (Å²) in [5, 5.41) is 2.16. The van der Waals surface area contributed by atoms with Crippen LogP contribution in [0.4, 0.5) is 0 Å². The van der Waals surface area contributed by atoms with Crippen LogP contribution in [-0.2, 0) is 16.0 Å². The molecule has 4 atom stereocenters. The van der Waals surface area contributed by atoms with E-state index in [-0.39, 0.29) is 23.7 Å². The van der Waals surface area contributed by atoms with E-state index >= 15 is 0 Å². The highest BCUT2D eigenvalue weighted by molar-refractivity contribution is 7.10. The summed E-state index contributed by atoms with van der Waals surface area (Å²) in [5.74, 6) is 0.172. The maximum atomic E-state index is 12.6. The number of thiophene rings is 1. The fraction of sp³-hybridized carbons (Fsp3) is 0.647. The molecule has 118 valence electrons. The molecule has 22 heavy (non-hydrogen) atoms. The monoisotopic (exact) mass is 319 g/mol. The molecule has 1 aliphatic carbocycles. The van der Waals surface area contributed by atoms with Gasteiger partial charge in [0.25, 0.3) is 0 Å². The summed E-state index contributed by atoms with van der Waals surface area (Å²) in [6, 6.07) is 2.58. The summed E-state index contributed by atoms with van der Waals surface area (Å²) in [6.45, 7) is 3.79. The third-order valence-electron chi connectivity index (χ3n) is 5.83. The first-order valence-corrected chi connectivity index (χ1v) is 9.31. The van der Waals surface area contributed by atoms with E-state index in [9.17, 15) is 9.59 Å². The van der Waals surface area contributed by atoms with Gasteiger partial charge in [0.15, 0.2) is 6.67 Å². The first-order chi connectivity index (χ1) is 10.7. The second kappa shape index (κ2) is 5.46. The van der Waals surface area contributed by atoms with E-state index < -0.39 is 0 Å². The summed E-state index contributed by atoms with van der Waals surface area (Å²) in [7, 11) is 0. The first-order valence-electron chi connectivity index (χ1n) is 8.43. The zero-order chi connectivity index (χ0) is 15.3. The summed E-state index contributed by atoms with van der Waals surface area (Å²) in [4.78, 5) is 29.7. The molecule has 0 spiro atoms. The number of carbonyl (C=O) groups is 2. The first kappa shape index (κ1) is 14.4. The van der Waals surface area contributed by atoms with E-state index in [0.717, 1.165) is 38.6 Å². The Balaban J connectivity index is 1.52. The van der Waals surface area contributed by atoms with Crippen molar-refractivity contribution in [2.24, 2.45) is 11.8 Å². The number of fused-ring (bicyclic) bond motifs is 2. The molecule has 5 heteroatoms. The Morgan fingerprint density at radius 2 is 1.91 bits per heavy atom. The van der Waals surface area contributed by atoms with Gasteiger partial charge in [0.2, 0.25) is 11.8 Å². The quantitative estimate of drug-likeness (QED) is 0.837. The van der Waals surface area contributed by atoms with Crippen LogP contribution in [0.5, 0.6) is 0 Å². The van der Waals surface area contributed by atoms with Crippen LogP contribution in [0.1, 0.15) is 49.1 Å². The van der Waals surface area contributed by atoms with Gasteiger partial charge in [-0.15, -0.1) is 11.3 Å². The van der Waals surface area contributed by atoms with Gasteiger partial charge in [0, 0.05) is 16.9 Å². The Kier molecular flexibility index (Phi) is 3.57. The molecule has 4 nitrogen and oxygen atoms in total. The lowest BCUT2D eigenvalue weighted by Gasteiger charge is -2.32. The maximum absolute atomic E-state index is 12.6. The third-order valence-corrected chi connectivity index (χ3v) is 6.82. The lowest BCUT2D eigenvalue weighted by atomic mass is 9.81. The van der Waals surface area contributed by atoms with Crippen molar-refractivity contribution in [1.82, 2.24) is 4.90 Å². The van der Waals surface area contributed by atoms with Crippen molar-refractivity contribution < 1.29 is 14.5 Å². The predicted octanol–water partition coefficient (Wildman–Crippen LogP) is 1.38. The van der Waals surface area contributed by atoms with Gasteiger partial charge in [-0.25, -0.2) is 4.90 Å². The van der Waals surface area contributed by atoms with E-state index in [1.807, 2.05) is 11.3 Å². The van der Waals surface area contributed by atoms with Crippen LogP contribution in [0, 0.1) is 11.8 Å². The molecule has 3 aliphatic rings. The molecule has 4 rings (SSSR count). The van der Waals surface area contributed by atoms with Crippen molar-refractivity contribution in [2.45, 2.75) is 45.1 Å². The molecule has 2 amide bonds. The van der Waals surface area contributed by atoms with E-state index in [1.54, 1.807) is 4.90 Å². The Labute approximate surface area is 135 Å². The Hall–Kier alpha value is -1.20. The van der Waals surface area contributed by atoms with Crippen molar-refractivity contribution in [3.8, 4) is 0 Å². The molecule has 0 bridgehead atoms. The van der Waals surface area contributed by atoms with E-state index in [0.29, 0.717) is 12.7 Å². The van der Waals surface area contributed by atoms with E-state index in [4.69, 9.17) is 0 Å². The third kappa shape index (κ3) is 2.14. The number of quaternary nitrogens is 1. The number of likely N-dealkylation sites (tertiary alicyclic amines) is 1. The normalized spacial score (nSPS) is 34.7. The molecule has 1 N–H and O–H groups in total. The number of hydrogen-bond acceptors (Lipinski definition) is 3. The van der Waals surface area contributed by atoms with Crippen LogP contribution in [0.25, 0.3) is 0 Å². The zero-order valence-electron chi connectivity index (χ0n) is 13.0. The molecule has 2 fully saturated rings. The fourth-order valence-electron chi connectivity index (χ4n) is 4.46. The number of carbonyl (C=O) groups excluding carboxylic acids is 2. The van der Waals surface area contributed by atoms with Gasteiger partial charge >= 0.3 is 0 Å². The molecule has 3 heterocycles. The Morgan fingerprint density at radius 1 is 1.23 bits per heavy atom. The topological polar surface area (TPSA) is 41.8 Å². The molecule has 2 aliphatic heterocycles. The zero-order valence-corrected chi connectivity index (χ0v) is 13.8. The van der Waals surface area contributed by atoms with Gasteiger partial charge in [-0.3, -0.25) is 9.59 Å². The van der Waals surface area contributed by atoms with Crippen LogP contribution >= 0.6 is 11.3 Å².